The minimum Gasteiger partial charge on any atom is -0.376 e. The highest BCUT2D eigenvalue weighted by molar-refractivity contribution is 4.98. The van der Waals surface area contributed by atoms with Crippen LogP contribution in [0.5, 0.6) is 0 Å². The number of nitrogens with two attached hydrogens (primary N) is 1. The second-order valence-corrected chi connectivity index (χ2v) is 3.73. The van der Waals surface area contributed by atoms with Crippen molar-refractivity contribution >= 4 is 0 Å². The van der Waals surface area contributed by atoms with Gasteiger partial charge >= 0.3 is 0 Å². The zero-order valence-electron chi connectivity index (χ0n) is 6.31. The fraction of sp³-hybridized carbons (Fsp3) is 1.00. The molecule has 10 heavy (non-hydrogen) atoms. The Labute approximate surface area is 61.7 Å². The Bertz CT molecular complexity index is 127. The first-order chi connectivity index (χ1) is 4.79. The van der Waals surface area contributed by atoms with E-state index in [1.54, 1.807) is 0 Å². The molecule has 2 heteroatoms. The Morgan fingerprint density at radius 1 is 1.40 bits per heavy atom. The quantitative estimate of drug-likeness (QED) is 0.637. The molecule has 0 spiro atoms. The lowest BCUT2D eigenvalue weighted by molar-refractivity contribution is -0.00758. The first kappa shape index (κ1) is 6.62. The van der Waals surface area contributed by atoms with Gasteiger partial charge in [-0.05, 0) is 32.1 Å². The van der Waals surface area contributed by atoms with Crippen molar-refractivity contribution in [2.45, 2.75) is 43.7 Å². The summed E-state index contributed by atoms with van der Waals surface area (Å²) in [5, 5.41) is 0. The molecule has 0 aromatic heterocycles. The van der Waals surface area contributed by atoms with E-state index in [4.69, 9.17) is 10.5 Å². The molecule has 0 heterocycles. The SMILES string of the molecule is NC1(COC2CCC2)CC1. The van der Waals surface area contributed by atoms with Gasteiger partial charge in [-0.25, -0.2) is 0 Å². The lowest BCUT2D eigenvalue weighted by atomic mass is 9.96. The summed E-state index contributed by atoms with van der Waals surface area (Å²) < 4.78 is 5.58. The molecule has 0 radical (unpaired) electrons. The van der Waals surface area contributed by atoms with Gasteiger partial charge in [0.25, 0.3) is 0 Å². The second kappa shape index (κ2) is 2.21. The molecule has 2 aliphatic carbocycles. The molecule has 2 rings (SSSR count). The van der Waals surface area contributed by atoms with Crippen LogP contribution in [0.15, 0.2) is 0 Å². The normalized spacial score (nSPS) is 29.7. The predicted molar refractivity (Wildman–Crippen MR) is 39.7 cm³/mol. The van der Waals surface area contributed by atoms with Crippen LogP contribution in [0.2, 0.25) is 0 Å². The third kappa shape index (κ3) is 1.32. The number of hydrogen-bond donors (Lipinski definition) is 1. The van der Waals surface area contributed by atoms with E-state index in [1.165, 1.54) is 32.1 Å². The maximum atomic E-state index is 5.85. The van der Waals surface area contributed by atoms with E-state index in [0.29, 0.717) is 6.10 Å². The van der Waals surface area contributed by atoms with Crippen LogP contribution in [0.3, 0.4) is 0 Å². The summed E-state index contributed by atoms with van der Waals surface area (Å²) in [6, 6.07) is 0. The summed E-state index contributed by atoms with van der Waals surface area (Å²) in [5.41, 5.74) is 5.94. The third-order valence-corrected chi connectivity index (χ3v) is 2.55. The highest BCUT2D eigenvalue weighted by Crippen LogP contribution is 2.34. The first-order valence-corrected chi connectivity index (χ1v) is 4.19. The molecule has 58 valence electrons. The second-order valence-electron chi connectivity index (χ2n) is 3.73. The van der Waals surface area contributed by atoms with Gasteiger partial charge in [0.05, 0.1) is 12.7 Å². The molecule has 0 aromatic rings. The van der Waals surface area contributed by atoms with E-state index in [9.17, 15) is 0 Å². The highest BCUT2D eigenvalue weighted by atomic mass is 16.5. The minimum atomic E-state index is 0.0928. The highest BCUT2D eigenvalue weighted by Gasteiger charge is 2.39. The van der Waals surface area contributed by atoms with Crippen molar-refractivity contribution in [3.63, 3.8) is 0 Å². The molecule has 2 N–H and O–H groups in total. The van der Waals surface area contributed by atoms with Gasteiger partial charge in [-0.3, -0.25) is 0 Å². The number of ether oxygens (including phenoxy) is 1. The fourth-order valence-corrected chi connectivity index (χ4v) is 1.13. The number of rotatable bonds is 3. The van der Waals surface area contributed by atoms with E-state index in [0.717, 1.165) is 6.61 Å². The smallest absolute Gasteiger partial charge is 0.0649 e. The van der Waals surface area contributed by atoms with Crippen LogP contribution in [0.25, 0.3) is 0 Å². The Balaban J connectivity index is 1.63. The lowest BCUT2D eigenvalue weighted by Crippen LogP contribution is -2.33. The molecule has 2 nitrogen and oxygen atoms in total. The van der Waals surface area contributed by atoms with Crippen molar-refractivity contribution in [3.8, 4) is 0 Å². The maximum Gasteiger partial charge on any atom is 0.0649 e. The van der Waals surface area contributed by atoms with Crippen LogP contribution in [-0.4, -0.2) is 18.2 Å². The standard InChI is InChI=1S/C8H15NO/c9-8(4-5-8)6-10-7-2-1-3-7/h7H,1-6,9H2. The Kier molecular flexibility index (Phi) is 1.46. The van der Waals surface area contributed by atoms with Crippen LogP contribution in [0, 0.1) is 0 Å². The molecular formula is C8H15NO. The van der Waals surface area contributed by atoms with E-state index in [1.807, 2.05) is 0 Å². The summed E-state index contributed by atoms with van der Waals surface area (Å²) in [6.07, 6.45) is 6.76. The van der Waals surface area contributed by atoms with Crippen LogP contribution < -0.4 is 5.73 Å². The van der Waals surface area contributed by atoms with Crippen molar-refractivity contribution in [1.29, 1.82) is 0 Å². The Hall–Kier alpha value is -0.0800. The summed E-state index contributed by atoms with van der Waals surface area (Å²) in [7, 11) is 0. The topological polar surface area (TPSA) is 35.2 Å². The van der Waals surface area contributed by atoms with Gasteiger partial charge in [0, 0.05) is 5.54 Å². The van der Waals surface area contributed by atoms with Crippen molar-refractivity contribution in [3.05, 3.63) is 0 Å². The lowest BCUT2D eigenvalue weighted by Gasteiger charge is -2.26. The zero-order chi connectivity index (χ0) is 7.03. The van der Waals surface area contributed by atoms with Crippen LogP contribution in [-0.2, 0) is 4.74 Å². The molecule has 2 fully saturated rings. The molecule has 0 bridgehead atoms. The first-order valence-electron chi connectivity index (χ1n) is 4.19. The predicted octanol–water partition coefficient (Wildman–Crippen LogP) is 1.05. The molecule has 0 saturated heterocycles. The average molecular weight is 141 g/mol. The molecular weight excluding hydrogens is 126 g/mol. The van der Waals surface area contributed by atoms with E-state index >= 15 is 0 Å². The van der Waals surface area contributed by atoms with Gasteiger partial charge in [-0.15, -0.1) is 0 Å². The summed E-state index contributed by atoms with van der Waals surface area (Å²) in [6.45, 7) is 0.803. The molecule has 0 unspecified atom stereocenters. The molecule has 2 aliphatic rings. The maximum absolute atomic E-state index is 5.85. The summed E-state index contributed by atoms with van der Waals surface area (Å²) >= 11 is 0. The third-order valence-electron chi connectivity index (χ3n) is 2.55. The minimum absolute atomic E-state index is 0.0928. The summed E-state index contributed by atoms with van der Waals surface area (Å²) in [5.74, 6) is 0. The number of hydrogen-bond acceptors (Lipinski definition) is 2. The molecule has 0 aromatic carbocycles. The van der Waals surface area contributed by atoms with Gasteiger partial charge in [-0.2, -0.15) is 0 Å². The van der Waals surface area contributed by atoms with Gasteiger partial charge in [0.2, 0.25) is 0 Å². The van der Waals surface area contributed by atoms with Crippen molar-refractivity contribution in [2.75, 3.05) is 6.61 Å². The molecule has 2 saturated carbocycles. The monoisotopic (exact) mass is 141 g/mol. The van der Waals surface area contributed by atoms with E-state index in [-0.39, 0.29) is 5.54 Å². The van der Waals surface area contributed by atoms with Gasteiger partial charge in [-0.1, -0.05) is 0 Å². The van der Waals surface area contributed by atoms with E-state index in [2.05, 4.69) is 0 Å². The van der Waals surface area contributed by atoms with E-state index < -0.39 is 0 Å². The van der Waals surface area contributed by atoms with Crippen molar-refractivity contribution < 1.29 is 4.74 Å². The Morgan fingerprint density at radius 3 is 2.50 bits per heavy atom. The van der Waals surface area contributed by atoms with Crippen LogP contribution in [0.1, 0.15) is 32.1 Å². The fourth-order valence-electron chi connectivity index (χ4n) is 1.13. The molecule has 0 amide bonds. The summed E-state index contributed by atoms with van der Waals surface area (Å²) in [4.78, 5) is 0. The van der Waals surface area contributed by atoms with Crippen molar-refractivity contribution in [2.24, 2.45) is 5.73 Å². The average Bonchev–Trinajstić information content (AvgIpc) is 2.44. The largest absolute Gasteiger partial charge is 0.376 e. The van der Waals surface area contributed by atoms with Gasteiger partial charge < -0.3 is 10.5 Å². The molecule has 0 atom stereocenters. The van der Waals surface area contributed by atoms with Gasteiger partial charge in [0.1, 0.15) is 0 Å². The van der Waals surface area contributed by atoms with Crippen LogP contribution in [0.4, 0.5) is 0 Å². The van der Waals surface area contributed by atoms with Crippen LogP contribution >= 0.6 is 0 Å². The zero-order valence-corrected chi connectivity index (χ0v) is 6.31. The van der Waals surface area contributed by atoms with Gasteiger partial charge in [0.15, 0.2) is 0 Å². The Morgan fingerprint density at radius 2 is 2.10 bits per heavy atom. The van der Waals surface area contributed by atoms with Crippen molar-refractivity contribution in [1.82, 2.24) is 0 Å². The molecule has 0 aliphatic heterocycles.